The number of anilines is 1. The van der Waals surface area contributed by atoms with Crippen molar-refractivity contribution in [2.45, 2.75) is 11.7 Å². The number of carbonyl (C=O) groups is 1. The Labute approximate surface area is 145 Å². The second-order valence-electron chi connectivity index (χ2n) is 5.49. The van der Waals surface area contributed by atoms with Crippen LogP contribution in [-0.4, -0.2) is 37.2 Å². The number of methoxy groups -OCH3 is 1. The first kappa shape index (κ1) is 17.0. The Bertz CT molecular complexity index is 1040. The molecular formula is C17H17N3O4S. The monoisotopic (exact) mass is 359 g/mol. The molecule has 8 heteroatoms. The van der Waals surface area contributed by atoms with Crippen LogP contribution in [0.25, 0.3) is 11.0 Å². The van der Waals surface area contributed by atoms with Gasteiger partial charge in [-0.15, -0.1) is 0 Å². The lowest BCUT2D eigenvalue weighted by Gasteiger charge is -2.11. The van der Waals surface area contributed by atoms with Crippen LogP contribution < -0.4 is 10.1 Å². The van der Waals surface area contributed by atoms with Gasteiger partial charge in [0.05, 0.1) is 23.8 Å². The minimum atomic E-state index is -3.58. The zero-order valence-corrected chi connectivity index (χ0v) is 14.6. The number of carbonyl (C=O) groups excluding carboxylic acids is 1. The average Bonchev–Trinajstić information content (AvgIpc) is 2.94. The van der Waals surface area contributed by atoms with Crippen molar-refractivity contribution in [2.24, 2.45) is 0 Å². The van der Waals surface area contributed by atoms with Crippen molar-refractivity contribution in [1.82, 2.24) is 9.55 Å². The summed E-state index contributed by atoms with van der Waals surface area (Å²) >= 11 is 0. The molecule has 0 saturated carbocycles. The molecule has 0 aliphatic rings. The van der Waals surface area contributed by atoms with Crippen LogP contribution in [0.4, 0.5) is 5.69 Å². The number of benzene rings is 2. The molecule has 25 heavy (non-hydrogen) atoms. The molecule has 3 aromatic rings. The Morgan fingerprint density at radius 1 is 1.16 bits per heavy atom. The first-order valence-corrected chi connectivity index (χ1v) is 9.37. The van der Waals surface area contributed by atoms with E-state index in [2.05, 4.69) is 10.3 Å². The average molecular weight is 359 g/mol. The minimum Gasteiger partial charge on any atom is -0.495 e. The molecule has 1 amide bonds. The summed E-state index contributed by atoms with van der Waals surface area (Å²) in [6.07, 6.45) is 1.07. The van der Waals surface area contributed by atoms with Gasteiger partial charge in [0.2, 0.25) is 20.9 Å². The van der Waals surface area contributed by atoms with Gasteiger partial charge in [0.25, 0.3) is 0 Å². The number of nitrogens with one attached hydrogen (secondary N) is 1. The number of hydrogen-bond donors (Lipinski definition) is 1. The molecular weight excluding hydrogens is 342 g/mol. The first-order chi connectivity index (χ1) is 11.9. The Kier molecular flexibility index (Phi) is 4.45. The minimum absolute atomic E-state index is 0.135. The molecule has 0 spiro atoms. The fourth-order valence-corrected chi connectivity index (χ4v) is 3.40. The maximum atomic E-state index is 12.5. The Morgan fingerprint density at radius 2 is 1.84 bits per heavy atom. The maximum Gasteiger partial charge on any atom is 0.244 e. The standard InChI is InChI=1S/C17H17N3O4S/c1-24-15-10-6-4-8-13(15)18-16(21)11-20-14-9-5-3-7-12(14)19-17(20)25(2,22)23/h3-10H,11H2,1-2H3,(H,18,21). The highest BCUT2D eigenvalue weighted by molar-refractivity contribution is 7.90. The van der Waals surface area contributed by atoms with Gasteiger partial charge < -0.3 is 14.6 Å². The second-order valence-corrected chi connectivity index (χ2v) is 7.40. The van der Waals surface area contributed by atoms with E-state index in [0.717, 1.165) is 6.26 Å². The van der Waals surface area contributed by atoms with Gasteiger partial charge in [-0.3, -0.25) is 4.79 Å². The van der Waals surface area contributed by atoms with E-state index >= 15 is 0 Å². The van der Waals surface area contributed by atoms with E-state index in [1.807, 2.05) is 0 Å². The van der Waals surface area contributed by atoms with Crippen molar-refractivity contribution in [3.8, 4) is 5.75 Å². The van der Waals surface area contributed by atoms with E-state index in [-0.39, 0.29) is 17.6 Å². The summed E-state index contributed by atoms with van der Waals surface area (Å²) in [4.78, 5) is 16.6. The fourth-order valence-electron chi connectivity index (χ4n) is 2.57. The lowest BCUT2D eigenvalue weighted by atomic mass is 10.3. The molecule has 0 unspecified atom stereocenters. The number of fused-ring (bicyclic) bond motifs is 1. The largest absolute Gasteiger partial charge is 0.495 e. The summed E-state index contributed by atoms with van der Waals surface area (Å²) in [6, 6.07) is 14.0. The highest BCUT2D eigenvalue weighted by atomic mass is 32.2. The van der Waals surface area contributed by atoms with Crippen LogP contribution in [0.15, 0.2) is 53.7 Å². The zero-order chi connectivity index (χ0) is 18.0. The molecule has 0 atom stereocenters. The van der Waals surface area contributed by atoms with E-state index < -0.39 is 9.84 Å². The van der Waals surface area contributed by atoms with E-state index in [9.17, 15) is 13.2 Å². The molecule has 3 rings (SSSR count). The van der Waals surface area contributed by atoms with Gasteiger partial charge in [0.15, 0.2) is 0 Å². The second kappa shape index (κ2) is 6.56. The van der Waals surface area contributed by atoms with Crippen LogP contribution in [-0.2, 0) is 21.2 Å². The molecule has 1 heterocycles. The van der Waals surface area contributed by atoms with Crippen molar-refractivity contribution in [1.29, 1.82) is 0 Å². The molecule has 0 fully saturated rings. The number of imidazole rings is 1. The van der Waals surface area contributed by atoms with Gasteiger partial charge in [-0.05, 0) is 24.3 Å². The van der Waals surface area contributed by atoms with Gasteiger partial charge in [-0.25, -0.2) is 13.4 Å². The lowest BCUT2D eigenvalue weighted by Crippen LogP contribution is -2.21. The number of hydrogen-bond acceptors (Lipinski definition) is 5. The smallest absolute Gasteiger partial charge is 0.244 e. The number of amides is 1. The third kappa shape index (κ3) is 3.48. The van der Waals surface area contributed by atoms with Crippen LogP contribution in [0.5, 0.6) is 5.75 Å². The highest BCUT2D eigenvalue weighted by Crippen LogP contribution is 2.24. The van der Waals surface area contributed by atoms with E-state index in [4.69, 9.17) is 4.74 Å². The molecule has 2 aromatic carbocycles. The summed E-state index contributed by atoms with van der Waals surface area (Å²) in [5, 5.41) is 2.60. The van der Waals surface area contributed by atoms with Gasteiger partial charge in [-0.1, -0.05) is 24.3 Å². The summed E-state index contributed by atoms with van der Waals surface area (Å²) in [7, 11) is -2.07. The van der Waals surface area contributed by atoms with Crippen molar-refractivity contribution in [3.05, 3.63) is 48.5 Å². The predicted molar refractivity (Wildman–Crippen MR) is 94.5 cm³/mol. The summed E-state index contributed by atoms with van der Waals surface area (Å²) in [5.41, 5.74) is 1.62. The topological polar surface area (TPSA) is 90.3 Å². The number of para-hydroxylation sites is 4. The molecule has 7 nitrogen and oxygen atoms in total. The maximum absolute atomic E-state index is 12.5. The Morgan fingerprint density at radius 3 is 2.56 bits per heavy atom. The molecule has 0 radical (unpaired) electrons. The molecule has 130 valence electrons. The van der Waals surface area contributed by atoms with Crippen molar-refractivity contribution in [3.63, 3.8) is 0 Å². The Hall–Kier alpha value is -2.87. The third-order valence-corrected chi connectivity index (χ3v) is 4.61. The van der Waals surface area contributed by atoms with Crippen molar-refractivity contribution < 1.29 is 17.9 Å². The molecule has 0 aliphatic heterocycles. The summed E-state index contributed by atoms with van der Waals surface area (Å²) in [6.45, 7) is -0.180. The van der Waals surface area contributed by atoms with Crippen LogP contribution in [0, 0.1) is 0 Å². The number of aromatic nitrogens is 2. The number of rotatable bonds is 5. The fraction of sp³-hybridized carbons (Fsp3) is 0.176. The molecule has 0 aliphatic carbocycles. The van der Waals surface area contributed by atoms with E-state index in [1.165, 1.54) is 11.7 Å². The van der Waals surface area contributed by atoms with Crippen LogP contribution in [0.3, 0.4) is 0 Å². The van der Waals surface area contributed by atoms with Crippen molar-refractivity contribution in [2.75, 3.05) is 18.7 Å². The first-order valence-electron chi connectivity index (χ1n) is 7.48. The van der Waals surface area contributed by atoms with E-state index in [0.29, 0.717) is 22.5 Å². The van der Waals surface area contributed by atoms with Gasteiger partial charge in [0, 0.05) is 6.26 Å². The Balaban J connectivity index is 1.96. The normalized spacial score (nSPS) is 11.4. The molecule has 0 saturated heterocycles. The molecule has 1 aromatic heterocycles. The van der Waals surface area contributed by atoms with Crippen LogP contribution in [0.2, 0.25) is 0 Å². The molecule has 1 N–H and O–H groups in total. The van der Waals surface area contributed by atoms with Gasteiger partial charge in [0.1, 0.15) is 12.3 Å². The van der Waals surface area contributed by atoms with Crippen molar-refractivity contribution >= 4 is 32.5 Å². The number of nitrogens with zero attached hydrogens (tertiary/aromatic N) is 2. The van der Waals surface area contributed by atoms with Crippen LogP contribution >= 0.6 is 0 Å². The van der Waals surface area contributed by atoms with E-state index in [1.54, 1.807) is 48.5 Å². The third-order valence-electron chi connectivity index (χ3n) is 3.63. The molecule has 0 bridgehead atoms. The number of sulfone groups is 1. The quantitative estimate of drug-likeness (QED) is 0.753. The predicted octanol–water partition coefficient (Wildman–Crippen LogP) is 2.09. The summed E-state index contributed by atoms with van der Waals surface area (Å²) in [5.74, 6) is 0.146. The van der Waals surface area contributed by atoms with Gasteiger partial charge >= 0.3 is 0 Å². The SMILES string of the molecule is COc1ccccc1NC(=O)Cn1c(S(C)(=O)=O)nc2ccccc21. The lowest BCUT2D eigenvalue weighted by molar-refractivity contribution is -0.116. The van der Waals surface area contributed by atoms with Crippen LogP contribution in [0.1, 0.15) is 0 Å². The number of ether oxygens (including phenoxy) is 1. The zero-order valence-electron chi connectivity index (χ0n) is 13.8. The highest BCUT2D eigenvalue weighted by Gasteiger charge is 2.21. The van der Waals surface area contributed by atoms with Gasteiger partial charge in [-0.2, -0.15) is 0 Å². The summed E-state index contributed by atoms with van der Waals surface area (Å²) < 4.78 is 30.7.